The van der Waals surface area contributed by atoms with Gasteiger partial charge in [0.15, 0.2) is 0 Å². The molecule has 2 rings (SSSR count). The topological polar surface area (TPSA) is 115 Å². The molecule has 0 heterocycles. The highest BCUT2D eigenvalue weighted by Gasteiger charge is 2.34. The molecular weight excluding hydrogens is 482 g/mol. The zero-order valence-electron chi connectivity index (χ0n) is 22.0. The average Bonchev–Trinajstić information content (AvgIpc) is 2.81. The normalized spacial score (nSPS) is 20.6. The Morgan fingerprint density at radius 3 is 2.44 bits per heavy atom. The second-order valence-electron chi connectivity index (χ2n) is 10.0. The lowest BCUT2D eigenvalue weighted by Crippen LogP contribution is -2.55. The molecule has 0 aliphatic heterocycles. The number of benzene rings is 1. The second-order valence-corrected chi connectivity index (χ2v) is 11.0. The van der Waals surface area contributed by atoms with Gasteiger partial charge in [-0.3, -0.25) is 4.79 Å². The van der Waals surface area contributed by atoms with Crippen LogP contribution >= 0.6 is 11.8 Å². The van der Waals surface area contributed by atoms with Gasteiger partial charge >= 0.3 is 12.2 Å². The van der Waals surface area contributed by atoms with E-state index >= 15 is 0 Å². The second kappa shape index (κ2) is 14.9. The molecule has 1 aromatic carbocycles. The van der Waals surface area contributed by atoms with Crippen molar-refractivity contribution in [2.24, 2.45) is 5.92 Å². The lowest BCUT2D eigenvalue weighted by molar-refractivity contribution is -0.124. The van der Waals surface area contributed by atoms with Crippen molar-refractivity contribution in [3.05, 3.63) is 35.9 Å². The lowest BCUT2D eigenvalue weighted by Gasteiger charge is -2.37. The van der Waals surface area contributed by atoms with Crippen molar-refractivity contribution in [3.63, 3.8) is 0 Å². The minimum atomic E-state index is -0.707. The Morgan fingerprint density at radius 2 is 1.81 bits per heavy atom. The summed E-state index contributed by atoms with van der Waals surface area (Å²) in [4.78, 5) is 37.8. The molecule has 1 saturated carbocycles. The third-order valence-electron chi connectivity index (χ3n) is 5.84. The van der Waals surface area contributed by atoms with Crippen LogP contribution in [0.3, 0.4) is 0 Å². The maximum atomic E-state index is 13.2. The Balaban J connectivity index is 1.93. The first kappa shape index (κ1) is 29.8. The summed E-state index contributed by atoms with van der Waals surface area (Å²) in [6, 6.07) is 8.48. The fraction of sp³-hybridized carbons (Fsp3) is 0.654. The van der Waals surface area contributed by atoms with Gasteiger partial charge in [-0.1, -0.05) is 30.3 Å². The predicted octanol–water partition coefficient (Wildman–Crippen LogP) is 3.86. The van der Waals surface area contributed by atoms with E-state index < -0.39 is 23.8 Å². The maximum Gasteiger partial charge on any atom is 0.408 e. The number of amides is 3. The van der Waals surface area contributed by atoms with Gasteiger partial charge in [-0.15, -0.1) is 0 Å². The van der Waals surface area contributed by atoms with Crippen LogP contribution in [0.2, 0.25) is 0 Å². The molecule has 1 aliphatic rings. The number of thioether (sulfide) groups is 1. The smallest absolute Gasteiger partial charge is 0.408 e. The third-order valence-corrected chi connectivity index (χ3v) is 6.49. The van der Waals surface area contributed by atoms with Crippen molar-refractivity contribution in [2.45, 2.75) is 76.8 Å². The van der Waals surface area contributed by atoms with Crippen molar-refractivity contribution in [2.75, 3.05) is 25.7 Å². The molecule has 1 aliphatic carbocycles. The van der Waals surface area contributed by atoms with Crippen LogP contribution in [0.5, 0.6) is 0 Å². The number of hydrogen-bond acceptors (Lipinski definition) is 7. The number of ether oxygens (including phenoxy) is 3. The standard InChI is InChI=1S/C26H41N3O6S/c1-26(2,3)35-25(32)27-20-11-12-21(19(15-20)17-33-4)28-23(30)22(13-14-36-5)29-24(31)34-16-18-9-7-6-8-10-18/h6-10,19-22H,11-17H2,1-5H3,(H,27,32)(H,28,30)(H,29,31). The molecule has 0 spiro atoms. The first-order valence-corrected chi connectivity index (χ1v) is 13.8. The summed E-state index contributed by atoms with van der Waals surface area (Å²) in [5, 5.41) is 8.77. The zero-order chi connectivity index (χ0) is 26.6. The molecule has 36 heavy (non-hydrogen) atoms. The van der Waals surface area contributed by atoms with Gasteiger partial charge in [0.2, 0.25) is 5.91 Å². The summed E-state index contributed by atoms with van der Waals surface area (Å²) in [5.41, 5.74) is 0.305. The highest BCUT2D eigenvalue weighted by atomic mass is 32.2. The first-order chi connectivity index (χ1) is 17.1. The SMILES string of the molecule is COCC1CC(NC(=O)OC(C)(C)C)CCC1NC(=O)C(CCSC)NC(=O)OCc1ccccc1. The van der Waals surface area contributed by atoms with E-state index in [2.05, 4.69) is 16.0 Å². The summed E-state index contributed by atoms with van der Waals surface area (Å²) in [7, 11) is 1.62. The van der Waals surface area contributed by atoms with Crippen LogP contribution in [-0.4, -0.2) is 67.5 Å². The van der Waals surface area contributed by atoms with E-state index in [1.165, 1.54) is 0 Å². The van der Waals surface area contributed by atoms with Gasteiger partial charge in [0.05, 0.1) is 6.61 Å². The van der Waals surface area contributed by atoms with Gasteiger partial charge in [-0.25, -0.2) is 9.59 Å². The molecule has 3 amide bonds. The van der Waals surface area contributed by atoms with Crippen molar-refractivity contribution in [1.82, 2.24) is 16.0 Å². The molecule has 1 fully saturated rings. The van der Waals surface area contributed by atoms with E-state index in [1.807, 2.05) is 57.4 Å². The number of nitrogens with one attached hydrogen (secondary N) is 3. The molecule has 0 saturated heterocycles. The number of methoxy groups -OCH3 is 1. The van der Waals surface area contributed by atoms with Crippen LogP contribution in [-0.2, 0) is 25.6 Å². The number of carbonyl (C=O) groups excluding carboxylic acids is 3. The zero-order valence-corrected chi connectivity index (χ0v) is 22.8. The molecule has 3 N–H and O–H groups in total. The Morgan fingerprint density at radius 1 is 1.08 bits per heavy atom. The van der Waals surface area contributed by atoms with E-state index in [4.69, 9.17) is 14.2 Å². The van der Waals surface area contributed by atoms with E-state index in [-0.39, 0.29) is 30.5 Å². The van der Waals surface area contributed by atoms with E-state index in [9.17, 15) is 14.4 Å². The quantitative estimate of drug-likeness (QED) is 0.403. The Hall–Kier alpha value is -2.46. The molecule has 0 aromatic heterocycles. The van der Waals surface area contributed by atoms with Gasteiger partial charge in [0.1, 0.15) is 18.2 Å². The predicted molar refractivity (Wildman–Crippen MR) is 141 cm³/mol. The van der Waals surface area contributed by atoms with Crippen LogP contribution in [0.15, 0.2) is 30.3 Å². The minimum Gasteiger partial charge on any atom is -0.445 e. The lowest BCUT2D eigenvalue weighted by atomic mass is 9.81. The number of carbonyl (C=O) groups is 3. The summed E-state index contributed by atoms with van der Waals surface area (Å²) < 4.78 is 16.1. The Kier molecular flexibility index (Phi) is 12.4. The van der Waals surface area contributed by atoms with Crippen LogP contribution in [0.4, 0.5) is 9.59 Å². The van der Waals surface area contributed by atoms with Gasteiger partial charge < -0.3 is 30.2 Å². The average molecular weight is 524 g/mol. The highest BCUT2D eigenvalue weighted by Crippen LogP contribution is 2.26. The third kappa shape index (κ3) is 11.1. The highest BCUT2D eigenvalue weighted by molar-refractivity contribution is 7.98. The van der Waals surface area contributed by atoms with Gasteiger partial charge in [-0.05, 0) is 64.0 Å². The molecule has 10 heteroatoms. The van der Waals surface area contributed by atoms with Crippen LogP contribution < -0.4 is 16.0 Å². The Bertz CT molecular complexity index is 833. The summed E-state index contributed by atoms with van der Waals surface area (Å²) in [6.45, 7) is 6.05. The van der Waals surface area contributed by atoms with Crippen LogP contribution in [0.1, 0.15) is 52.0 Å². The number of alkyl carbamates (subject to hydrolysis) is 2. The van der Waals surface area contributed by atoms with E-state index in [0.717, 1.165) is 5.56 Å². The fourth-order valence-corrected chi connectivity index (χ4v) is 4.62. The molecule has 4 unspecified atom stereocenters. The molecule has 0 bridgehead atoms. The summed E-state index contributed by atoms with van der Waals surface area (Å²) in [6.07, 6.45) is 3.40. The van der Waals surface area contributed by atoms with Gasteiger partial charge in [0, 0.05) is 25.1 Å². The largest absolute Gasteiger partial charge is 0.445 e. The molecule has 4 atom stereocenters. The molecular formula is C26H41N3O6S. The molecule has 1 aromatic rings. The van der Waals surface area contributed by atoms with Crippen LogP contribution in [0.25, 0.3) is 0 Å². The van der Waals surface area contributed by atoms with Gasteiger partial charge in [-0.2, -0.15) is 11.8 Å². The van der Waals surface area contributed by atoms with Crippen molar-refractivity contribution < 1.29 is 28.6 Å². The monoisotopic (exact) mass is 523 g/mol. The van der Waals surface area contributed by atoms with Gasteiger partial charge in [0.25, 0.3) is 0 Å². The fourth-order valence-electron chi connectivity index (χ4n) is 4.15. The minimum absolute atomic E-state index is 0.0128. The molecule has 9 nitrogen and oxygen atoms in total. The maximum absolute atomic E-state index is 13.2. The number of hydrogen-bond donors (Lipinski definition) is 3. The van der Waals surface area contributed by atoms with Crippen molar-refractivity contribution in [3.8, 4) is 0 Å². The van der Waals surface area contributed by atoms with Crippen LogP contribution in [0, 0.1) is 5.92 Å². The number of rotatable bonds is 11. The van der Waals surface area contributed by atoms with E-state index in [1.54, 1.807) is 18.9 Å². The summed E-state index contributed by atoms with van der Waals surface area (Å²) in [5.74, 6) is 0.481. The summed E-state index contributed by atoms with van der Waals surface area (Å²) >= 11 is 1.60. The van der Waals surface area contributed by atoms with Crippen molar-refractivity contribution in [1.29, 1.82) is 0 Å². The first-order valence-electron chi connectivity index (χ1n) is 12.4. The molecule has 202 valence electrons. The molecule has 0 radical (unpaired) electrons. The van der Waals surface area contributed by atoms with Crippen molar-refractivity contribution >= 4 is 29.9 Å². The van der Waals surface area contributed by atoms with E-state index in [0.29, 0.717) is 38.0 Å². The Labute approximate surface area is 218 Å².